The molecule has 0 fully saturated rings. The maximum atomic E-state index is 10.5. The van der Waals surface area contributed by atoms with Gasteiger partial charge in [0.05, 0.1) is 4.92 Å². The molecule has 0 amide bonds. The monoisotopic (exact) mass is 260 g/mol. The Morgan fingerprint density at radius 1 is 1.22 bits per heavy atom. The molecule has 0 aliphatic heterocycles. The van der Waals surface area contributed by atoms with Crippen LogP contribution in [0.5, 0.6) is 0 Å². The average Bonchev–Trinajstić information content (AvgIpc) is 2.33. The summed E-state index contributed by atoms with van der Waals surface area (Å²) in [6.07, 6.45) is 1.28. The van der Waals surface area contributed by atoms with E-state index in [-0.39, 0.29) is 5.69 Å². The van der Waals surface area contributed by atoms with Crippen LogP contribution in [0.3, 0.4) is 0 Å². The lowest BCUT2D eigenvalue weighted by molar-refractivity contribution is -0.385. The highest BCUT2D eigenvalue weighted by Crippen LogP contribution is 2.29. The van der Waals surface area contributed by atoms with E-state index in [1.807, 2.05) is 26.0 Å². The van der Waals surface area contributed by atoms with Gasteiger partial charge in [0.15, 0.2) is 0 Å². The lowest BCUT2D eigenvalue weighted by Crippen LogP contribution is -1.89. The number of nitro groups is 1. The Kier molecular flexibility index (Phi) is 3.62. The smallest absolute Gasteiger partial charge is 0.258 e. The van der Waals surface area contributed by atoms with E-state index in [0.717, 1.165) is 9.92 Å². The Morgan fingerprint density at radius 2 is 2.00 bits per heavy atom. The minimum Gasteiger partial charge on any atom is -0.258 e. The van der Waals surface area contributed by atoms with Gasteiger partial charge in [-0.1, -0.05) is 29.5 Å². The zero-order valence-electron chi connectivity index (χ0n) is 10.1. The molecule has 0 saturated carbocycles. The lowest BCUT2D eigenvalue weighted by atomic mass is 10.2. The molecule has 1 aromatic heterocycles. The fourth-order valence-corrected chi connectivity index (χ4v) is 2.39. The van der Waals surface area contributed by atoms with Gasteiger partial charge in [-0.05, 0) is 31.5 Å². The summed E-state index contributed by atoms with van der Waals surface area (Å²) in [5.41, 5.74) is 2.41. The third-order valence-electron chi connectivity index (χ3n) is 2.48. The second-order valence-electron chi connectivity index (χ2n) is 3.98. The molecule has 0 bridgehead atoms. The van der Waals surface area contributed by atoms with Gasteiger partial charge in [0.2, 0.25) is 0 Å². The summed E-state index contributed by atoms with van der Waals surface area (Å²) >= 11 is 1.51. The minimum absolute atomic E-state index is 0.0139. The number of nitrogens with zero attached hydrogens (tertiary/aromatic N) is 2. The van der Waals surface area contributed by atoms with Crippen molar-refractivity contribution < 1.29 is 4.92 Å². The van der Waals surface area contributed by atoms with E-state index in [1.54, 1.807) is 6.07 Å². The molecule has 0 unspecified atom stereocenters. The van der Waals surface area contributed by atoms with Gasteiger partial charge in [-0.3, -0.25) is 10.1 Å². The van der Waals surface area contributed by atoms with Crippen molar-refractivity contribution in [3.63, 3.8) is 0 Å². The molecule has 0 radical (unpaired) electrons. The largest absolute Gasteiger partial charge is 0.287 e. The summed E-state index contributed by atoms with van der Waals surface area (Å²) in [5, 5.41) is 11.3. The van der Waals surface area contributed by atoms with E-state index < -0.39 is 4.92 Å². The molecular formula is C13H12N2O2S. The quantitative estimate of drug-likeness (QED) is 0.623. The SMILES string of the molecule is Cc1ccc(Sc2ccc([N+](=O)[O-])cn2)c(C)c1. The first kappa shape index (κ1) is 12.6. The first-order chi connectivity index (χ1) is 8.56. The number of benzene rings is 1. The van der Waals surface area contributed by atoms with Crippen LogP contribution in [0.4, 0.5) is 5.69 Å². The standard InChI is InChI=1S/C13H12N2O2S/c1-9-3-5-12(10(2)7-9)18-13-6-4-11(8-14-13)15(16)17/h3-8H,1-2H3. The third kappa shape index (κ3) is 2.87. The van der Waals surface area contributed by atoms with Gasteiger partial charge in [0.25, 0.3) is 5.69 Å². The van der Waals surface area contributed by atoms with Crippen molar-refractivity contribution in [2.24, 2.45) is 0 Å². The van der Waals surface area contributed by atoms with Crippen LogP contribution in [0, 0.1) is 24.0 Å². The summed E-state index contributed by atoms with van der Waals surface area (Å²) in [5.74, 6) is 0. The molecular weight excluding hydrogens is 248 g/mol. The molecule has 2 aromatic rings. The fraction of sp³-hybridized carbons (Fsp3) is 0.154. The lowest BCUT2D eigenvalue weighted by Gasteiger charge is -2.05. The third-order valence-corrected chi connectivity index (χ3v) is 3.61. The Labute approximate surface area is 109 Å². The zero-order valence-corrected chi connectivity index (χ0v) is 10.9. The predicted molar refractivity (Wildman–Crippen MR) is 70.9 cm³/mol. The van der Waals surface area contributed by atoms with Crippen molar-refractivity contribution >= 4 is 17.4 Å². The van der Waals surface area contributed by atoms with Crippen molar-refractivity contribution in [1.29, 1.82) is 0 Å². The zero-order chi connectivity index (χ0) is 13.1. The van der Waals surface area contributed by atoms with E-state index in [2.05, 4.69) is 11.1 Å². The molecule has 4 nitrogen and oxygen atoms in total. The first-order valence-electron chi connectivity index (χ1n) is 5.42. The van der Waals surface area contributed by atoms with Crippen LogP contribution >= 0.6 is 11.8 Å². The predicted octanol–water partition coefficient (Wildman–Crippen LogP) is 3.76. The normalized spacial score (nSPS) is 10.3. The van der Waals surface area contributed by atoms with Crippen molar-refractivity contribution in [2.75, 3.05) is 0 Å². The van der Waals surface area contributed by atoms with Crippen LogP contribution in [0.25, 0.3) is 0 Å². The topological polar surface area (TPSA) is 56.0 Å². The molecule has 1 aromatic carbocycles. The van der Waals surface area contributed by atoms with E-state index in [9.17, 15) is 10.1 Å². The van der Waals surface area contributed by atoms with Crippen LogP contribution in [-0.4, -0.2) is 9.91 Å². The highest BCUT2D eigenvalue weighted by molar-refractivity contribution is 7.99. The van der Waals surface area contributed by atoms with E-state index in [4.69, 9.17) is 0 Å². The molecule has 0 saturated heterocycles. The second kappa shape index (κ2) is 5.18. The summed E-state index contributed by atoms with van der Waals surface area (Å²) in [6.45, 7) is 4.09. The Hall–Kier alpha value is -1.88. The average molecular weight is 260 g/mol. The van der Waals surface area contributed by atoms with Gasteiger partial charge in [-0.15, -0.1) is 0 Å². The van der Waals surface area contributed by atoms with Crippen molar-refractivity contribution in [3.8, 4) is 0 Å². The molecule has 0 N–H and O–H groups in total. The van der Waals surface area contributed by atoms with Gasteiger partial charge >= 0.3 is 0 Å². The summed E-state index contributed by atoms with van der Waals surface area (Å²) in [7, 11) is 0. The van der Waals surface area contributed by atoms with Crippen molar-refractivity contribution in [3.05, 3.63) is 57.8 Å². The van der Waals surface area contributed by atoms with Crippen LogP contribution in [0.15, 0.2) is 46.5 Å². The maximum Gasteiger partial charge on any atom is 0.287 e. The Balaban J connectivity index is 2.21. The molecule has 0 spiro atoms. The fourth-order valence-electron chi connectivity index (χ4n) is 1.57. The van der Waals surface area contributed by atoms with Gasteiger partial charge in [-0.25, -0.2) is 4.98 Å². The summed E-state index contributed by atoms with van der Waals surface area (Å²) in [6, 6.07) is 9.33. The molecule has 0 aliphatic rings. The molecule has 1 heterocycles. The molecule has 0 aliphatic carbocycles. The van der Waals surface area contributed by atoms with Crippen LogP contribution in [-0.2, 0) is 0 Å². The summed E-state index contributed by atoms with van der Waals surface area (Å²) in [4.78, 5) is 15.3. The van der Waals surface area contributed by atoms with E-state index >= 15 is 0 Å². The molecule has 5 heteroatoms. The van der Waals surface area contributed by atoms with Gasteiger partial charge < -0.3 is 0 Å². The highest BCUT2D eigenvalue weighted by atomic mass is 32.2. The van der Waals surface area contributed by atoms with Crippen LogP contribution < -0.4 is 0 Å². The first-order valence-corrected chi connectivity index (χ1v) is 6.23. The number of rotatable bonds is 3. The number of aromatic nitrogens is 1. The van der Waals surface area contributed by atoms with Crippen LogP contribution in [0.2, 0.25) is 0 Å². The number of pyridine rings is 1. The Bertz CT molecular complexity index is 582. The van der Waals surface area contributed by atoms with Crippen molar-refractivity contribution in [1.82, 2.24) is 4.98 Å². The number of aryl methyl sites for hydroxylation is 2. The maximum absolute atomic E-state index is 10.5. The number of hydrogen-bond acceptors (Lipinski definition) is 4. The second-order valence-corrected chi connectivity index (χ2v) is 5.04. The van der Waals surface area contributed by atoms with Crippen molar-refractivity contribution in [2.45, 2.75) is 23.8 Å². The molecule has 18 heavy (non-hydrogen) atoms. The van der Waals surface area contributed by atoms with Gasteiger partial charge in [-0.2, -0.15) is 0 Å². The number of hydrogen-bond donors (Lipinski definition) is 0. The molecule has 92 valence electrons. The van der Waals surface area contributed by atoms with Gasteiger partial charge in [0.1, 0.15) is 11.2 Å². The minimum atomic E-state index is -0.446. The molecule has 0 atom stereocenters. The van der Waals surface area contributed by atoms with E-state index in [1.165, 1.54) is 35.2 Å². The highest BCUT2D eigenvalue weighted by Gasteiger charge is 2.07. The Morgan fingerprint density at radius 3 is 2.56 bits per heavy atom. The van der Waals surface area contributed by atoms with Crippen LogP contribution in [0.1, 0.15) is 11.1 Å². The van der Waals surface area contributed by atoms with Gasteiger partial charge in [0, 0.05) is 11.0 Å². The van der Waals surface area contributed by atoms with E-state index in [0.29, 0.717) is 0 Å². The summed E-state index contributed by atoms with van der Waals surface area (Å²) < 4.78 is 0. The molecule has 2 rings (SSSR count).